The van der Waals surface area contributed by atoms with Crippen molar-refractivity contribution in [3.05, 3.63) is 59.9 Å². The summed E-state index contributed by atoms with van der Waals surface area (Å²) in [5, 5.41) is 3.05. The zero-order valence-corrected chi connectivity index (χ0v) is 15.6. The molecule has 1 aromatic carbocycles. The van der Waals surface area contributed by atoms with Crippen molar-refractivity contribution in [3.63, 3.8) is 0 Å². The molecule has 0 atom stereocenters. The number of nitrogens with zero attached hydrogens (tertiary/aromatic N) is 2. The summed E-state index contributed by atoms with van der Waals surface area (Å²) in [5.41, 5.74) is 1.54. The molecule has 1 amide bonds. The van der Waals surface area contributed by atoms with E-state index in [2.05, 4.69) is 15.2 Å². The topological polar surface area (TPSA) is 79.4 Å². The summed E-state index contributed by atoms with van der Waals surface area (Å²) in [5.74, 6) is -0.159. The minimum absolute atomic E-state index is 0.136. The van der Waals surface area contributed by atoms with Crippen LogP contribution in [0.25, 0.3) is 0 Å². The molecule has 1 fully saturated rings. The van der Waals surface area contributed by atoms with Crippen molar-refractivity contribution in [2.45, 2.75) is 30.3 Å². The highest BCUT2D eigenvalue weighted by atomic mass is 32.2. The van der Waals surface area contributed by atoms with E-state index in [0.717, 1.165) is 44.4 Å². The largest absolute Gasteiger partial charge is 0.349 e. The molecule has 0 spiro atoms. The number of carbonyl (C=O) groups is 1. The van der Waals surface area contributed by atoms with E-state index in [-0.39, 0.29) is 16.8 Å². The Bertz CT molecular complexity index is 843. The number of likely N-dealkylation sites (tertiary alicyclic amines) is 1. The van der Waals surface area contributed by atoms with Crippen molar-refractivity contribution in [2.75, 3.05) is 19.3 Å². The number of sulfone groups is 1. The van der Waals surface area contributed by atoms with Gasteiger partial charge in [0.15, 0.2) is 9.84 Å². The molecule has 2 aromatic rings. The van der Waals surface area contributed by atoms with E-state index in [1.54, 1.807) is 18.3 Å². The van der Waals surface area contributed by atoms with Crippen LogP contribution in [0.1, 0.15) is 28.9 Å². The van der Waals surface area contributed by atoms with E-state index >= 15 is 0 Å². The van der Waals surface area contributed by atoms with E-state index < -0.39 is 9.84 Å². The van der Waals surface area contributed by atoms with Gasteiger partial charge >= 0.3 is 0 Å². The fraction of sp³-hybridized carbons (Fsp3) is 0.368. The van der Waals surface area contributed by atoms with Crippen molar-refractivity contribution in [2.24, 2.45) is 0 Å². The summed E-state index contributed by atoms with van der Waals surface area (Å²) >= 11 is 0. The van der Waals surface area contributed by atoms with Gasteiger partial charge in [0.25, 0.3) is 5.91 Å². The van der Waals surface area contributed by atoms with Crippen molar-refractivity contribution in [3.8, 4) is 0 Å². The molecular weight excluding hydrogens is 350 g/mol. The maximum atomic E-state index is 12.4. The zero-order chi connectivity index (χ0) is 18.6. The molecule has 1 N–H and O–H groups in total. The third-order valence-electron chi connectivity index (χ3n) is 4.58. The fourth-order valence-electron chi connectivity index (χ4n) is 3.08. The first kappa shape index (κ1) is 18.5. The van der Waals surface area contributed by atoms with E-state index in [1.807, 2.05) is 18.2 Å². The average Bonchev–Trinajstić information content (AvgIpc) is 2.63. The van der Waals surface area contributed by atoms with Crippen LogP contribution in [-0.2, 0) is 16.4 Å². The first-order chi connectivity index (χ1) is 12.4. The number of benzene rings is 1. The van der Waals surface area contributed by atoms with Gasteiger partial charge in [0.05, 0.1) is 10.6 Å². The number of nitrogens with one attached hydrogen (secondary N) is 1. The summed E-state index contributed by atoms with van der Waals surface area (Å²) in [6, 6.07) is 12.1. The number of rotatable bonds is 5. The van der Waals surface area contributed by atoms with Gasteiger partial charge in [-0.25, -0.2) is 8.42 Å². The lowest BCUT2D eigenvalue weighted by molar-refractivity contribution is 0.0908. The van der Waals surface area contributed by atoms with Crippen molar-refractivity contribution in [1.82, 2.24) is 15.2 Å². The van der Waals surface area contributed by atoms with Gasteiger partial charge in [-0.3, -0.25) is 14.7 Å². The molecule has 0 unspecified atom stereocenters. The summed E-state index contributed by atoms with van der Waals surface area (Å²) in [4.78, 5) is 19.3. The van der Waals surface area contributed by atoms with Crippen LogP contribution in [0.2, 0.25) is 0 Å². The molecule has 26 heavy (non-hydrogen) atoms. The number of hydrogen-bond acceptors (Lipinski definition) is 5. The smallest absolute Gasteiger partial charge is 0.251 e. The van der Waals surface area contributed by atoms with Gasteiger partial charge in [-0.2, -0.15) is 0 Å². The lowest BCUT2D eigenvalue weighted by Gasteiger charge is -2.32. The summed E-state index contributed by atoms with van der Waals surface area (Å²) in [6.45, 7) is 2.65. The van der Waals surface area contributed by atoms with Crippen LogP contribution in [0.15, 0.2) is 53.6 Å². The normalized spacial score (nSPS) is 16.3. The zero-order valence-electron chi connectivity index (χ0n) is 14.8. The molecule has 1 saturated heterocycles. The van der Waals surface area contributed by atoms with Crippen LogP contribution in [0.3, 0.4) is 0 Å². The molecule has 6 nitrogen and oxygen atoms in total. The van der Waals surface area contributed by atoms with Crippen LogP contribution in [0.4, 0.5) is 0 Å². The third-order valence-corrected chi connectivity index (χ3v) is 5.71. The Morgan fingerprint density at radius 3 is 2.42 bits per heavy atom. The van der Waals surface area contributed by atoms with Gasteiger partial charge in [-0.15, -0.1) is 0 Å². The lowest BCUT2D eigenvalue weighted by Crippen LogP contribution is -2.44. The van der Waals surface area contributed by atoms with E-state index in [1.165, 1.54) is 12.1 Å². The van der Waals surface area contributed by atoms with Gasteiger partial charge < -0.3 is 5.32 Å². The molecule has 1 aliphatic heterocycles. The highest BCUT2D eigenvalue weighted by Gasteiger charge is 2.21. The third kappa shape index (κ3) is 4.89. The van der Waals surface area contributed by atoms with Gasteiger partial charge in [-0.1, -0.05) is 6.07 Å². The maximum absolute atomic E-state index is 12.4. The highest BCUT2D eigenvalue weighted by molar-refractivity contribution is 7.90. The van der Waals surface area contributed by atoms with Crippen LogP contribution in [0.5, 0.6) is 0 Å². The minimum atomic E-state index is -3.25. The second-order valence-corrected chi connectivity index (χ2v) is 8.66. The standard InChI is InChI=1S/C19H23N3O3S/c1-26(24,25)18-7-5-15(6-8-18)19(23)21-16-9-12-22(13-10-16)14-17-4-2-3-11-20-17/h2-8,11,16H,9-10,12-14H2,1H3,(H,21,23). The quantitative estimate of drug-likeness (QED) is 0.866. The molecule has 138 valence electrons. The Hall–Kier alpha value is -2.25. The molecule has 0 radical (unpaired) electrons. The number of piperidine rings is 1. The first-order valence-electron chi connectivity index (χ1n) is 8.65. The summed E-state index contributed by atoms with van der Waals surface area (Å²) in [7, 11) is -3.25. The molecule has 1 aliphatic rings. The molecular formula is C19H23N3O3S. The van der Waals surface area contributed by atoms with Gasteiger partial charge in [0, 0.05) is 43.7 Å². The van der Waals surface area contributed by atoms with Crippen molar-refractivity contribution >= 4 is 15.7 Å². The molecule has 1 aromatic heterocycles. The van der Waals surface area contributed by atoms with Crippen LogP contribution >= 0.6 is 0 Å². The van der Waals surface area contributed by atoms with Gasteiger partial charge in [0.2, 0.25) is 0 Å². The predicted molar refractivity (Wildman–Crippen MR) is 99.6 cm³/mol. The molecule has 0 bridgehead atoms. The number of hydrogen-bond donors (Lipinski definition) is 1. The highest BCUT2D eigenvalue weighted by Crippen LogP contribution is 2.15. The average molecular weight is 373 g/mol. The summed E-state index contributed by atoms with van der Waals surface area (Å²) < 4.78 is 23.0. The van der Waals surface area contributed by atoms with Crippen LogP contribution in [0, 0.1) is 0 Å². The van der Waals surface area contributed by atoms with Crippen LogP contribution in [-0.4, -0.2) is 49.6 Å². The van der Waals surface area contributed by atoms with Crippen molar-refractivity contribution in [1.29, 1.82) is 0 Å². The molecule has 7 heteroatoms. The number of aromatic nitrogens is 1. The Balaban J connectivity index is 1.50. The summed E-state index contributed by atoms with van der Waals surface area (Å²) in [6.07, 6.45) is 4.73. The maximum Gasteiger partial charge on any atom is 0.251 e. The fourth-order valence-corrected chi connectivity index (χ4v) is 3.71. The van der Waals surface area contributed by atoms with E-state index in [9.17, 15) is 13.2 Å². The minimum Gasteiger partial charge on any atom is -0.349 e. The Morgan fingerprint density at radius 1 is 1.15 bits per heavy atom. The number of pyridine rings is 1. The Morgan fingerprint density at radius 2 is 1.85 bits per heavy atom. The molecule has 0 aliphatic carbocycles. The van der Waals surface area contributed by atoms with Gasteiger partial charge in [0.1, 0.15) is 0 Å². The SMILES string of the molecule is CS(=O)(=O)c1ccc(C(=O)NC2CCN(Cc3ccccn3)CC2)cc1. The second kappa shape index (κ2) is 7.97. The second-order valence-electron chi connectivity index (χ2n) is 6.64. The Labute approximate surface area is 154 Å². The van der Waals surface area contributed by atoms with Crippen LogP contribution < -0.4 is 5.32 Å². The van der Waals surface area contributed by atoms with E-state index in [0.29, 0.717) is 5.56 Å². The molecule has 3 rings (SSSR count). The molecule has 0 saturated carbocycles. The lowest BCUT2D eigenvalue weighted by atomic mass is 10.0. The Kier molecular flexibility index (Phi) is 5.68. The monoisotopic (exact) mass is 373 g/mol. The number of amides is 1. The number of carbonyl (C=O) groups excluding carboxylic acids is 1. The van der Waals surface area contributed by atoms with Gasteiger partial charge in [-0.05, 0) is 49.2 Å². The molecule has 2 heterocycles. The van der Waals surface area contributed by atoms with Crippen molar-refractivity contribution < 1.29 is 13.2 Å². The predicted octanol–water partition coefficient (Wildman–Crippen LogP) is 1.88. The van der Waals surface area contributed by atoms with E-state index in [4.69, 9.17) is 0 Å². The first-order valence-corrected chi connectivity index (χ1v) is 10.5.